The second kappa shape index (κ2) is 13.6. The number of carbonyl (C=O) groups excluding carboxylic acids is 1. The first kappa shape index (κ1) is 31.8. The van der Waals surface area contributed by atoms with Crippen LogP contribution < -0.4 is 9.50 Å². The van der Waals surface area contributed by atoms with Gasteiger partial charge in [-0.2, -0.15) is 8.42 Å². The summed E-state index contributed by atoms with van der Waals surface area (Å²) in [7, 11) is 0.307. The number of aromatic nitrogens is 1. The molecule has 0 fully saturated rings. The highest BCUT2D eigenvalue weighted by Crippen LogP contribution is 2.41. The van der Waals surface area contributed by atoms with E-state index in [2.05, 4.69) is 21.7 Å². The number of nitrogens with zero attached hydrogens (tertiary/aromatic N) is 2. The fourth-order valence-electron chi connectivity index (χ4n) is 5.72. The summed E-state index contributed by atoms with van der Waals surface area (Å²) in [6.07, 6.45) is 3.02. The van der Waals surface area contributed by atoms with Crippen LogP contribution in [0.5, 0.6) is 11.5 Å². The number of phenols is 1. The van der Waals surface area contributed by atoms with Gasteiger partial charge in [0.05, 0.1) is 6.26 Å². The van der Waals surface area contributed by atoms with Crippen LogP contribution in [0.25, 0.3) is 10.9 Å². The molecule has 0 saturated carbocycles. The summed E-state index contributed by atoms with van der Waals surface area (Å²) in [5.74, 6) is -0.337. The Labute approximate surface area is 265 Å². The molecule has 1 atom stereocenters. The van der Waals surface area contributed by atoms with Gasteiger partial charge in [-0.3, -0.25) is 4.79 Å². The topological polar surface area (TPSA) is 101 Å². The predicted octanol–water partition coefficient (Wildman–Crippen LogP) is 6.63. The molecule has 234 valence electrons. The number of para-hydroxylation sites is 1. The third-order valence-corrected chi connectivity index (χ3v) is 8.22. The molecule has 5 rings (SSSR count). The van der Waals surface area contributed by atoms with Crippen molar-refractivity contribution in [1.29, 1.82) is 0 Å². The number of phenolic OH excluding ortho intramolecular Hbond substituents is 1. The van der Waals surface area contributed by atoms with Gasteiger partial charge >= 0.3 is 10.1 Å². The van der Waals surface area contributed by atoms with E-state index in [1.165, 1.54) is 5.56 Å². The minimum atomic E-state index is -3.70. The molecular formula is C36H39N3O5S. The molecule has 0 aliphatic rings. The maximum atomic E-state index is 14.4. The minimum absolute atomic E-state index is 0.132. The highest BCUT2D eigenvalue weighted by molar-refractivity contribution is 7.86. The number of anilines is 1. The van der Waals surface area contributed by atoms with Crippen molar-refractivity contribution >= 4 is 32.6 Å². The van der Waals surface area contributed by atoms with Gasteiger partial charge < -0.3 is 24.1 Å². The van der Waals surface area contributed by atoms with Gasteiger partial charge in [0.1, 0.15) is 17.2 Å². The van der Waals surface area contributed by atoms with Crippen molar-refractivity contribution in [2.24, 2.45) is 0 Å². The van der Waals surface area contributed by atoms with Crippen LogP contribution in [-0.2, 0) is 23.1 Å². The fourth-order valence-corrected chi connectivity index (χ4v) is 6.18. The lowest BCUT2D eigenvalue weighted by Crippen LogP contribution is -2.24. The second-order valence-electron chi connectivity index (χ2n) is 11.5. The van der Waals surface area contributed by atoms with Crippen molar-refractivity contribution in [3.8, 4) is 11.5 Å². The maximum absolute atomic E-state index is 14.4. The lowest BCUT2D eigenvalue weighted by Gasteiger charge is -2.22. The van der Waals surface area contributed by atoms with E-state index in [1.807, 2.05) is 86.9 Å². The van der Waals surface area contributed by atoms with Gasteiger partial charge in [-0.05, 0) is 79.7 Å². The quantitative estimate of drug-likeness (QED) is 0.151. The van der Waals surface area contributed by atoms with Crippen molar-refractivity contribution in [2.75, 3.05) is 32.2 Å². The average molecular weight is 626 g/mol. The van der Waals surface area contributed by atoms with Gasteiger partial charge in [0.2, 0.25) is 0 Å². The van der Waals surface area contributed by atoms with Crippen LogP contribution in [0, 0.1) is 0 Å². The summed E-state index contributed by atoms with van der Waals surface area (Å²) < 4.78 is 30.7. The zero-order valence-corrected chi connectivity index (χ0v) is 26.8. The van der Waals surface area contributed by atoms with E-state index in [4.69, 9.17) is 4.18 Å². The van der Waals surface area contributed by atoms with Crippen molar-refractivity contribution in [1.82, 2.24) is 9.47 Å². The van der Waals surface area contributed by atoms with E-state index in [1.54, 1.807) is 24.3 Å². The van der Waals surface area contributed by atoms with Crippen molar-refractivity contribution in [3.05, 3.63) is 125 Å². The first-order chi connectivity index (χ1) is 21.5. The molecule has 1 aromatic heterocycles. The molecule has 8 nitrogen and oxygen atoms in total. The lowest BCUT2D eigenvalue weighted by atomic mass is 9.83. The summed E-state index contributed by atoms with van der Waals surface area (Å²) in [6.45, 7) is 3.43. The van der Waals surface area contributed by atoms with Gasteiger partial charge in [0.25, 0.3) is 5.91 Å². The number of carbonyl (C=O) groups is 1. The molecule has 0 saturated heterocycles. The van der Waals surface area contributed by atoms with E-state index in [0.29, 0.717) is 24.5 Å². The predicted molar refractivity (Wildman–Crippen MR) is 180 cm³/mol. The van der Waals surface area contributed by atoms with Crippen LogP contribution in [0.1, 0.15) is 52.0 Å². The number of rotatable bonds is 12. The molecular weight excluding hydrogens is 586 g/mol. The number of amides is 1. The number of fused-ring (bicyclic) bond motifs is 1. The Kier molecular flexibility index (Phi) is 9.60. The normalized spacial score (nSPS) is 12.4. The molecule has 0 bridgehead atoms. The number of hydrogen-bond donors (Lipinski definition) is 2. The molecule has 0 spiro atoms. The Morgan fingerprint density at radius 2 is 1.53 bits per heavy atom. The molecule has 9 heteroatoms. The third-order valence-electron chi connectivity index (χ3n) is 7.72. The summed E-state index contributed by atoms with van der Waals surface area (Å²) in [5, 5.41) is 14.2. The van der Waals surface area contributed by atoms with Crippen LogP contribution in [0.15, 0.2) is 97.1 Å². The van der Waals surface area contributed by atoms with E-state index < -0.39 is 16.0 Å². The Morgan fingerprint density at radius 1 is 0.911 bits per heavy atom. The molecule has 1 unspecified atom stereocenters. The highest BCUT2D eigenvalue weighted by Gasteiger charge is 2.30. The molecule has 2 N–H and O–H groups in total. The molecule has 4 aromatic carbocycles. The lowest BCUT2D eigenvalue weighted by molar-refractivity contribution is 0.101. The SMILES string of the molecule is CCCc1ccc(NC(=O)c2c(C(c3ccc(O)cc3)c3ccc(OS(C)(=O)=O)cc3)c3ccccc3n2CCN(C)C)cc1. The van der Waals surface area contributed by atoms with Crippen LogP contribution in [-0.4, -0.2) is 55.8 Å². The van der Waals surface area contributed by atoms with E-state index >= 15 is 0 Å². The average Bonchev–Trinajstić information content (AvgIpc) is 3.32. The molecule has 1 amide bonds. The summed E-state index contributed by atoms with van der Waals surface area (Å²) in [5.41, 5.74) is 5.88. The number of nitrogens with one attached hydrogen (secondary N) is 1. The van der Waals surface area contributed by atoms with Crippen LogP contribution in [0.4, 0.5) is 5.69 Å². The third kappa shape index (κ3) is 7.56. The zero-order chi connectivity index (χ0) is 32.1. The van der Waals surface area contributed by atoms with Gasteiger partial charge in [0.15, 0.2) is 0 Å². The molecule has 1 heterocycles. The Hall–Kier alpha value is -4.60. The Bertz CT molecular complexity index is 1880. The van der Waals surface area contributed by atoms with E-state index in [0.717, 1.165) is 46.7 Å². The monoisotopic (exact) mass is 625 g/mol. The first-order valence-electron chi connectivity index (χ1n) is 15.0. The molecule has 45 heavy (non-hydrogen) atoms. The molecule has 0 aliphatic heterocycles. The van der Waals surface area contributed by atoms with Gasteiger partial charge in [-0.25, -0.2) is 0 Å². The number of benzene rings is 4. The van der Waals surface area contributed by atoms with Gasteiger partial charge in [-0.15, -0.1) is 0 Å². The number of aryl methyl sites for hydroxylation is 1. The Balaban J connectivity index is 1.72. The van der Waals surface area contributed by atoms with E-state index in [9.17, 15) is 18.3 Å². The summed E-state index contributed by atoms with van der Waals surface area (Å²) >= 11 is 0. The van der Waals surface area contributed by atoms with Gasteiger partial charge in [-0.1, -0.05) is 67.9 Å². The fraction of sp³-hybridized carbons (Fsp3) is 0.250. The number of aromatic hydroxyl groups is 1. The first-order valence-corrected chi connectivity index (χ1v) is 16.8. The van der Waals surface area contributed by atoms with Crippen LogP contribution >= 0.6 is 0 Å². The maximum Gasteiger partial charge on any atom is 0.306 e. The minimum Gasteiger partial charge on any atom is -0.508 e. The number of likely N-dealkylation sites (N-methyl/N-ethyl adjacent to an activating group) is 1. The Morgan fingerprint density at radius 3 is 2.13 bits per heavy atom. The highest BCUT2D eigenvalue weighted by atomic mass is 32.2. The van der Waals surface area contributed by atoms with Crippen LogP contribution in [0.3, 0.4) is 0 Å². The van der Waals surface area contributed by atoms with Crippen molar-refractivity contribution < 1.29 is 22.5 Å². The molecule has 5 aromatic rings. The summed E-state index contributed by atoms with van der Waals surface area (Å²) in [6, 6.07) is 29.8. The molecule has 0 aliphatic carbocycles. The smallest absolute Gasteiger partial charge is 0.306 e. The van der Waals surface area contributed by atoms with Gasteiger partial charge in [0, 0.05) is 41.2 Å². The molecule has 0 radical (unpaired) electrons. The standard InChI is InChI=1S/C36H39N3O5S/c1-5-8-25-11-17-28(18-12-25)37-36(41)35-34(31-9-6-7-10-32(31)39(35)24-23-38(2)3)33(26-13-19-29(40)20-14-26)27-15-21-30(22-16-27)44-45(4,42)43/h6-7,9-22,33,40H,5,8,23-24H2,1-4H3,(H,37,41). The largest absolute Gasteiger partial charge is 0.508 e. The van der Waals surface area contributed by atoms with E-state index in [-0.39, 0.29) is 17.4 Å². The second-order valence-corrected chi connectivity index (χ2v) is 13.1. The van der Waals surface area contributed by atoms with Crippen LogP contribution in [0.2, 0.25) is 0 Å². The summed E-state index contributed by atoms with van der Waals surface area (Å²) in [4.78, 5) is 16.5. The van der Waals surface area contributed by atoms with Crippen molar-refractivity contribution in [3.63, 3.8) is 0 Å². The van der Waals surface area contributed by atoms with Crippen molar-refractivity contribution in [2.45, 2.75) is 32.2 Å². The zero-order valence-electron chi connectivity index (χ0n) is 26.0. The number of hydrogen-bond acceptors (Lipinski definition) is 6.